The van der Waals surface area contributed by atoms with Gasteiger partial charge in [-0.15, -0.1) is 0 Å². The van der Waals surface area contributed by atoms with Crippen molar-refractivity contribution in [2.24, 2.45) is 23.2 Å². The van der Waals surface area contributed by atoms with Gasteiger partial charge in [-0.05, 0) is 131 Å². The molecule has 2 aromatic carbocycles. The number of carboxylic acid groups (broad SMARTS) is 1. The molecule has 11 heteroatoms. The Morgan fingerprint density at radius 2 is 1.65 bits per heavy atom. The van der Waals surface area contributed by atoms with Crippen LogP contribution < -0.4 is 4.90 Å². The topological polar surface area (TPSA) is 107 Å². The molecule has 0 aromatic heterocycles. The molecule has 266 valence electrons. The van der Waals surface area contributed by atoms with Crippen LogP contribution in [0.2, 0.25) is 0 Å². The number of aliphatic carboxylic acids is 1. The molecule has 5 aliphatic rings. The van der Waals surface area contributed by atoms with Gasteiger partial charge in [0.05, 0.1) is 17.3 Å². The number of carbonyl (C=O) groups is 2. The molecule has 3 atom stereocenters. The summed E-state index contributed by atoms with van der Waals surface area (Å²) in [4.78, 5) is 32.5. The molecule has 0 amide bonds. The number of benzene rings is 2. The summed E-state index contributed by atoms with van der Waals surface area (Å²) in [6.07, 6.45) is 7.73. The van der Waals surface area contributed by atoms with Crippen LogP contribution >= 0.6 is 0 Å². The van der Waals surface area contributed by atoms with Gasteiger partial charge in [0, 0.05) is 43.7 Å². The summed E-state index contributed by atoms with van der Waals surface area (Å²) in [5, 5.41) is 10.2. The van der Waals surface area contributed by atoms with E-state index in [1.165, 1.54) is 13.2 Å². The van der Waals surface area contributed by atoms with Crippen molar-refractivity contribution in [3.05, 3.63) is 59.9 Å². The number of methoxy groups -OCH3 is 1. The molecule has 0 spiro atoms. The zero-order chi connectivity index (χ0) is 34.4. The Labute approximate surface area is 289 Å². The van der Waals surface area contributed by atoms with Gasteiger partial charge in [0.25, 0.3) is 0 Å². The minimum atomic E-state index is -3.27. The first-order valence-electron chi connectivity index (χ1n) is 18.1. The van der Waals surface area contributed by atoms with E-state index in [9.17, 15) is 27.5 Å². The second-order valence-corrected chi connectivity index (χ2v) is 17.7. The molecule has 0 bridgehead atoms. The van der Waals surface area contributed by atoms with Crippen LogP contribution in [0.3, 0.4) is 0 Å². The fourth-order valence-electron chi connectivity index (χ4n) is 9.66. The maximum Gasteiger partial charge on any atom is 0.314 e. The summed E-state index contributed by atoms with van der Waals surface area (Å²) in [5.41, 5.74) is 0.655. The SMILES string of the molecule is COC(=O)C[C@H]1CCC[C@@H]1[C@](CN1CCC1)(c1cccc(F)c1)C1CCN(CC2(C(=O)O)CN(c3ccc(S(=O)(=O)C4CC4)cc3)C2)CC1. The first-order chi connectivity index (χ1) is 23.5. The van der Waals surface area contributed by atoms with E-state index < -0.39 is 21.2 Å². The minimum Gasteiger partial charge on any atom is -0.481 e. The maximum atomic E-state index is 15.0. The van der Waals surface area contributed by atoms with Crippen molar-refractivity contribution in [2.75, 3.05) is 64.4 Å². The Morgan fingerprint density at radius 1 is 0.939 bits per heavy atom. The smallest absolute Gasteiger partial charge is 0.314 e. The van der Waals surface area contributed by atoms with E-state index in [1.54, 1.807) is 30.3 Å². The number of anilines is 1. The lowest BCUT2D eigenvalue weighted by atomic mass is 9.56. The van der Waals surface area contributed by atoms with Gasteiger partial charge in [0.1, 0.15) is 11.2 Å². The number of halogens is 1. The molecule has 7 rings (SSSR count). The zero-order valence-corrected chi connectivity index (χ0v) is 29.4. The Kier molecular flexibility index (Phi) is 9.56. The van der Waals surface area contributed by atoms with Crippen LogP contribution in [0.25, 0.3) is 0 Å². The monoisotopic (exact) mass is 695 g/mol. The molecule has 2 saturated carbocycles. The molecule has 5 fully saturated rings. The average Bonchev–Trinajstić information content (AvgIpc) is 3.83. The number of sulfone groups is 1. The summed E-state index contributed by atoms with van der Waals surface area (Å²) < 4.78 is 45.4. The van der Waals surface area contributed by atoms with Gasteiger partial charge in [-0.2, -0.15) is 0 Å². The second kappa shape index (κ2) is 13.6. The largest absolute Gasteiger partial charge is 0.481 e. The van der Waals surface area contributed by atoms with E-state index >= 15 is 0 Å². The maximum absolute atomic E-state index is 15.0. The number of piperidine rings is 1. The van der Waals surface area contributed by atoms with E-state index in [0.717, 1.165) is 95.3 Å². The molecule has 3 aliphatic heterocycles. The predicted octanol–water partition coefficient (Wildman–Crippen LogP) is 4.99. The lowest BCUT2D eigenvalue weighted by Crippen LogP contribution is -2.65. The first kappa shape index (κ1) is 34.4. The van der Waals surface area contributed by atoms with Crippen molar-refractivity contribution < 1.29 is 32.2 Å². The van der Waals surface area contributed by atoms with Crippen LogP contribution in [0.1, 0.15) is 63.4 Å². The first-order valence-corrected chi connectivity index (χ1v) is 19.7. The van der Waals surface area contributed by atoms with Gasteiger partial charge < -0.3 is 24.5 Å². The van der Waals surface area contributed by atoms with Crippen LogP contribution in [-0.4, -0.2) is 100.0 Å². The van der Waals surface area contributed by atoms with Gasteiger partial charge in [-0.1, -0.05) is 18.6 Å². The lowest BCUT2D eigenvalue weighted by molar-refractivity contribution is -0.152. The number of likely N-dealkylation sites (tertiary alicyclic amines) is 2. The molecular formula is C38H50FN3O6S. The highest BCUT2D eigenvalue weighted by molar-refractivity contribution is 7.92. The predicted molar refractivity (Wildman–Crippen MR) is 185 cm³/mol. The second-order valence-electron chi connectivity index (χ2n) is 15.5. The quantitative estimate of drug-likeness (QED) is 0.290. The summed E-state index contributed by atoms with van der Waals surface area (Å²) in [6.45, 7) is 5.62. The number of esters is 1. The van der Waals surface area contributed by atoms with Crippen LogP contribution in [0.5, 0.6) is 0 Å². The molecule has 2 aromatic rings. The normalized spacial score (nSPS) is 26.0. The average molecular weight is 696 g/mol. The fourth-order valence-corrected chi connectivity index (χ4v) is 11.3. The molecule has 0 radical (unpaired) electrons. The number of rotatable bonds is 13. The van der Waals surface area contributed by atoms with Crippen LogP contribution in [0.4, 0.5) is 10.1 Å². The highest BCUT2D eigenvalue weighted by Gasteiger charge is 2.55. The van der Waals surface area contributed by atoms with Crippen molar-refractivity contribution in [3.8, 4) is 0 Å². The van der Waals surface area contributed by atoms with Crippen molar-refractivity contribution in [1.29, 1.82) is 0 Å². The van der Waals surface area contributed by atoms with Gasteiger partial charge in [0.15, 0.2) is 9.84 Å². The van der Waals surface area contributed by atoms with Crippen molar-refractivity contribution >= 4 is 27.5 Å². The van der Waals surface area contributed by atoms with E-state index in [-0.39, 0.29) is 40.2 Å². The van der Waals surface area contributed by atoms with Gasteiger partial charge in [0.2, 0.25) is 0 Å². The van der Waals surface area contributed by atoms with Crippen LogP contribution in [-0.2, 0) is 29.6 Å². The van der Waals surface area contributed by atoms with Gasteiger partial charge in [-0.25, -0.2) is 12.8 Å². The number of nitrogens with zero attached hydrogens (tertiary/aromatic N) is 3. The lowest BCUT2D eigenvalue weighted by Gasteiger charge is -2.55. The van der Waals surface area contributed by atoms with Gasteiger partial charge in [-0.3, -0.25) is 9.59 Å². The molecule has 3 saturated heterocycles. The summed E-state index contributed by atoms with van der Waals surface area (Å²) in [5.74, 6) is -0.559. The van der Waals surface area contributed by atoms with Crippen molar-refractivity contribution in [1.82, 2.24) is 9.80 Å². The van der Waals surface area contributed by atoms with Crippen LogP contribution in [0.15, 0.2) is 53.4 Å². The van der Waals surface area contributed by atoms with E-state index in [4.69, 9.17) is 4.74 Å². The van der Waals surface area contributed by atoms with E-state index in [1.807, 2.05) is 11.0 Å². The van der Waals surface area contributed by atoms with E-state index in [0.29, 0.717) is 31.0 Å². The molecule has 1 N–H and O–H groups in total. The third-order valence-corrected chi connectivity index (χ3v) is 14.8. The van der Waals surface area contributed by atoms with Crippen molar-refractivity contribution in [2.45, 2.75) is 73.3 Å². The Hall–Kier alpha value is -3.02. The molecule has 49 heavy (non-hydrogen) atoms. The molecular weight excluding hydrogens is 645 g/mol. The summed E-state index contributed by atoms with van der Waals surface area (Å²) in [6, 6.07) is 14.1. The number of hydrogen-bond acceptors (Lipinski definition) is 8. The Balaban J connectivity index is 1.08. The standard InChI is InChI=1S/C38H50FN3O6S/c1-48-35(43)21-27-5-2-8-34(27)38(26-40-17-4-18-40,29-6-3-7-30(39)22-29)28-15-19-41(20-16-28)23-37(36(44)45)24-42(25-37)31-9-11-32(12-10-31)49(46,47)33-13-14-33/h3,6-7,9-12,22,27-28,33-34H,2,4-5,8,13-21,23-26H2,1H3,(H,44,45)/t27-,34+,38+/m1/s1. The van der Waals surface area contributed by atoms with Crippen molar-refractivity contribution in [3.63, 3.8) is 0 Å². The third kappa shape index (κ3) is 6.63. The van der Waals surface area contributed by atoms with Gasteiger partial charge >= 0.3 is 11.9 Å². The summed E-state index contributed by atoms with van der Waals surface area (Å²) >= 11 is 0. The van der Waals surface area contributed by atoms with E-state index in [2.05, 4.69) is 15.9 Å². The number of hydrogen-bond donors (Lipinski definition) is 1. The Bertz CT molecular complexity index is 1630. The number of carboxylic acids is 1. The molecule has 0 unspecified atom stereocenters. The Morgan fingerprint density at radius 3 is 2.24 bits per heavy atom. The molecule has 9 nitrogen and oxygen atoms in total. The third-order valence-electron chi connectivity index (χ3n) is 12.5. The molecule has 3 heterocycles. The molecule has 2 aliphatic carbocycles. The zero-order valence-electron chi connectivity index (χ0n) is 28.6. The fraction of sp³-hybridized carbons (Fsp3) is 0.632. The highest BCUT2D eigenvalue weighted by Crippen LogP contribution is 2.54. The minimum absolute atomic E-state index is 0.175. The highest BCUT2D eigenvalue weighted by atomic mass is 32.2. The van der Waals surface area contributed by atoms with Crippen LogP contribution in [0, 0.1) is 29.0 Å². The number of carbonyl (C=O) groups excluding carboxylic acids is 1. The summed E-state index contributed by atoms with van der Waals surface area (Å²) in [7, 11) is -1.82. The number of ether oxygens (including phenoxy) is 1.